The molecule has 7 nitrogen and oxygen atoms in total. The number of aliphatic imine (C=N–C) groups is 1. The van der Waals surface area contributed by atoms with E-state index in [9.17, 15) is 13.0 Å². The highest BCUT2D eigenvalue weighted by Crippen LogP contribution is 2.48. The van der Waals surface area contributed by atoms with Crippen molar-refractivity contribution < 1.29 is 17.7 Å². The topological polar surface area (TPSA) is 72.6 Å². The van der Waals surface area contributed by atoms with Gasteiger partial charge in [0.25, 0.3) is 5.92 Å². The minimum absolute atomic E-state index is 0.0101. The number of nitrogens with zero attached hydrogens (tertiary/aromatic N) is 5. The molecule has 0 bridgehead atoms. The zero-order chi connectivity index (χ0) is 22.6. The predicted molar refractivity (Wildman–Crippen MR) is 122 cm³/mol. The number of likely N-dealkylation sites (N-methyl/N-ethyl adjacent to an activating group) is 1. The Balaban J connectivity index is 1.79. The SMILES string of the molecule is CCN(C(=S)C(CS(=O)CC1CC1(F)F)N=COC)c1cn(-c2cccnc2)nc1Cl. The molecule has 12 heteroatoms. The molecule has 1 aliphatic rings. The number of ether oxygens (including phenoxy) is 1. The van der Waals surface area contributed by atoms with Crippen molar-refractivity contribution in [3.63, 3.8) is 0 Å². The first-order valence-electron chi connectivity index (χ1n) is 9.51. The molecule has 1 fully saturated rings. The Bertz CT molecular complexity index is 973. The second kappa shape index (κ2) is 10.1. The number of hydrogen-bond acceptors (Lipinski definition) is 6. The van der Waals surface area contributed by atoms with E-state index in [4.69, 9.17) is 28.6 Å². The number of halogens is 3. The van der Waals surface area contributed by atoms with Crippen molar-refractivity contribution in [2.24, 2.45) is 10.9 Å². The Hall–Kier alpha value is -1.98. The molecule has 3 atom stereocenters. The third-order valence-electron chi connectivity index (χ3n) is 4.75. The van der Waals surface area contributed by atoms with Gasteiger partial charge in [0.2, 0.25) is 0 Å². The highest BCUT2D eigenvalue weighted by atomic mass is 35.5. The molecular formula is C19H22ClF2N5O2S2. The van der Waals surface area contributed by atoms with Crippen LogP contribution in [0, 0.1) is 5.92 Å². The summed E-state index contributed by atoms with van der Waals surface area (Å²) in [5, 5.41) is 4.54. The normalized spacial score (nSPS) is 19.2. The van der Waals surface area contributed by atoms with Gasteiger partial charge in [0.1, 0.15) is 11.0 Å². The van der Waals surface area contributed by atoms with Gasteiger partial charge in [-0.25, -0.2) is 18.5 Å². The fourth-order valence-corrected chi connectivity index (χ4v) is 5.25. The van der Waals surface area contributed by atoms with Crippen LogP contribution in [-0.2, 0) is 15.5 Å². The molecule has 0 aromatic carbocycles. The summed E-state index contributed by atoms with van der Waals surface area (Å²) in [4.78, 5) is 10.4. The summed E-state index contributed by atoms with van der Waals surface area (Å²) in [6.45, 7) is 2.33. The molecule has 0 aliphatic heterocycles. The molecular weight excluding hydrogens is 468 g/mol. The molecule has 2 heterocycles. The summed E-state index contributed by atoms with van der Waals surface area (Å²) in [5.41, 5.74) is 1.27. The second-order valence-corrected chi connectivity index (χ2v) is 9.31. The first kappa shape index (κ1) is 23.7. The van der Waals surface area contributed by atoms with Crippen LogP contribution in [0.15, 0.2) is 35.7 Å². The van der Waals surface area contributed by atoms with Crippen molar-refractivity contribution in [3.05, 3.63) is 35.9 Å². The molecule has 168 valence electrons. The minimum atomic E-state index is -2.72. The standard InChI is InChI=1S/C19H22ClF2N5O2S2/c1-3-26(16-9-27(25-17(16)20)14-5-4-6-23-8-14)18(30)15(24-12-29-2)11-31(28)10-13-7-19(13,21)22/h4-6,8-9,12-13,15H,3,7,10-11H2,1-2H3. The molecule has 2 aromatic rings. The van der Waals surface area contributed by atoms with Crippen LogP contribution in [0.25, 0.3) is 5.69 Å². The number of thiocarbonyl (C=S) groups is 1. The zero-order valence-electron chi connectivity index (χ0n) is 17.0. The average molecular weight is 490 g/mol. The van der Waals surface area contributed by atoms with Gasteiger partial charge in [-0.3, -0.25) is 9.19 Å². The molecule has 3 unspecified atom stereocenters. The van der Waals surface area contributed by atoms with Crippen LogP contribution in [0.1, 0.15) is 13.3 Å². The van der Waals surface area contributed by atoms with Crippen LogP contribution in [-0.4, -0.2) is 67.5 Å². The van der Waals surface area contributed by atoms with Crippen LogP contribution in [0.3, 0.4) is 0 Å². The molecule has 0 spiro atoms. The molecule has 1 saturated carbocycles. The number of hydrogen-bond donors (Lipinski definition) is 0. The summed E-state index contributed by atoms with van der Waals surface area (Å²) in [6, 6.07) is 2.90. The van der Waals surface area contributed by atoms with E-state index < -0.39 is 28.7 Å². The van der Waals surface area contributed by atoms with Gasteiger partial charge in [-0.05, 0) is 19.1 Å². The number of pyridine rings is 1. The monoisotopic (exact) mass is 489 g/mol. The van der Waals surface area contributed by atoms with Crippen molar-refractivity contribution in [2.75, 3.05) is 30.1 Å². The Morgan fingerprint density at radius 2 is 2.35 bits per heavy atom. The van der Waals surface area contributed by atoms with Gasteiger partial charge < -0.3 is 9.64 Å². The highest BCUT2D eigenvalue weighted by Gasteiger charge is 2.57. The summed E-state index contributed by atoms with van der Waals surface area (Å²) in [6.07, 6.45) is 5.99. The first-order valence-corrected chi connectivity index (χ1v) is 11.8. The Kier molecular flexibility index (Phi) is 7.71. The van der Waals surface area contributed by atoms with E-state index in [1.165, 1.54) is 13.5 Å². The average Bonchev–Trinajstić information content (AvgIpc) is 3.15. The van der Waals surface area contributed by atoms with Gasteiger partial charge >= 0.3 is 0 Å². The zero-order valence-corrected chi connectivity index (χ0v) is 19.3. The lowest BCUT2D eigenvalue weighted by Crippen LogP contribution is -2.40. The van der Waals surface area contributed by atoms with Gasteiger partial charge in [0.15, 0.2) is 11.6 Å². The van der Waals surface area contributed by atoms with E-state index in [0.29, 0.717) is 17.2 Å². The quantitative estimate of drug-likeness (QED) is 0.289. The third-order valence-corrected chi connectivity index (χ3v) is 6.98. The fourth-order valence-electron chi connectivity index (χ4n) is 3.00. The maximum absolute atomic E-state index is 13.2. The Morgan fingerprint density at radius 3 is 2.94 bits per heavy atom. The highest BCUT2D eigenvalue weighted by molar-refractivity contribution is 7.85. The number of rotatable bonds is 10. The van der Waals surface area contributed by atoms with Crippen molar-refractivity contribution in [2.45, 2.75) is 25.3 Å². The predicted octanol–water partition coefficient (Wildman–Crippen LogP) is 3.52. The van der Waals surface area contributed by atoms with Gasteiger partial charge in [-0.1, -0.05) is 23.8 Å². The smallest absolute Gasteiger partial charge is 0.252 e. The van der Waals surface area contributed by atoms with Gasteiger partial charge in [-0.15, -0.1) is 0 Å². The lowest BCUT2D eigenvalue weighted by molar-refractivity contribution is 0.103. The number of methoxy groups -OCH3 is 1. The molecule has 0 saturated heterocycles. The van der Waals surface area contributed by atoms with E-state index in [-0.39, 0.29) is 23.1 Å². The lowest BCUT2D eigenvalue weighted by Gasteiger charge is -2.26. The lowest BCUT2D eigenvalue weighted by atomic mass is 10.3. The van der Waals surface area contributed by atoms with Crippen LogP contribution < -0.4 is 4.90 Å². The van der Waals surface area contributed by atoms with E-state index in [1.807, 2.05) is 13.0 Å². The van der Waals surface area contributed by atoms with Gasteiger partial charge in [0, 0.05) is 41.6 Å². The fraction of sp³-hybridized carbons (Fsp3) is 0.474. The Morgan fingerprint density at radius 1 is 1.61 bits per heavy atom. The second-order valence-electron chi connectivity index (χ2n) is 6.98. The molecule has 0 N–H and O–H groups in total. The van der Waals surface area contributed by atoms with Crippen LogP contribution in [0.5, 0.6) is 0 Å². The summed E-state index contributed by atoms with van der Waals surface area (Å²) < 4.78 is 45.4. The van der Waals surface area contributed by atoms with E-state index in [1.54, 1.807) is 34.2 Å². The Labute approximate surface area is 191 Å². The van der Waals surface area contributed by atoms with Gasteiger partial charge in [-0.2, -0.15) is 5.10 Å². The number of anilines is 1. The molecule has 3 rings (SSSR count). The van der Waals surface area contributed by atoms with E-state index in [0.717, 1.165) is 5.69 Å². The summed E-state index contributed by atoms with van der Waals surface area (Å²) in [7, 11) is -0.0904. The van der Waals surface area contributed by atoms with Crippen molar-refractivity contribution in [1.29, 1.82) is 0 Å². The third kappa shape index (κ3) is 5.83. The van der Waals surface area contributed by atoms with E-state index >= 15 is 0 Å². The van der Waals surface area contributed by atoms with Crippen LogP contribution in [0.4, 0.5) is 14.5 Å². The largest absolute Gasteiger partial charge is 0.487 e. The van der Waals surface area contributed by atoms with Crippen molar-refractivity contribution in [3.8, 4) is 5.69 Å². The summed E-state index contributed by atoms with van der Waals surface area (Å²) in [5.74, 6) is -3.63. The molecule has 31 heavy (non-hydrogen) atoms. The van der Waals surface area contributed by atoms with Crippen LogP contribution in [0.2, 0.25) is 5.15 Å². The maximum atomic E-state index is 13.2. The van der Waals surface area contributed by atoms with Crippen molar-refractivity contribution >= 4 is 51.7 Å². The number of aromatic nitrogens is 3. The molecule has 0 radical (unpaired) electrons. The number of alkyl halides is 2. The molecule has 1 aliphatic carbocycles. The van der Waals surface area contributed by atoms with Gasteiger partial charge in [0.05, 0.1) is 36.6 Å². The van der Waals surface area contributed by atoms with Crippen LogP contribution >= 0.6 is 23.8 Å². The van der Waals surface area contributed by atoms with E-state index in [2.05, 4.69) is 15.1 Å². The van der Waals surface area contributed by atoms with Crippen molar-refractivity contribution in [1.82, 2.24) is 14.8 Å². The molecule has 2 aromatic heterocycles. The summed E-state index contributed by atoms with van der Waals surface area (Å²) >= 11 is 12.0. The first-order chi connectivity index (χ1) is 14.8. The molecule has 0 amide bonds. The minimum Gasteiger partial charge on any atom is -0.487 e. The maximum Gasteiger partial charge on any atom is 0.252 e.